The fraction of sp³-hybridized carbons (Fsp3) is 0.375. The molecule has 1 saturated heterocycles. The Morgan fingerprint density at radius 3 is 2.71 bits per heavy atom. The van der Waals surface area contributed by atoms with Crippen LogP contribution in [0.2, 0.25) is 0 Å². The summed E-state index contributed by atoms with van der Waals surface area (Å²) >= 11 is 1.64. The molecule has 1 aromatic heterocycles. The molecule has 1 aromatic rings. The number of aromatic nitrogens is 2. The van der Waals surface area contributed by atoms with E-state index in [9.17, 15) is 0 Å². The third kappa shape index (κ3) is 2.02. The molecule has 1 aliphatic heterocycles. The fourth-order valence-electron chi connectivity index (χ4n) is 0.969. The molecule has 2 heterocycles. The zero-order valence-electron chi connectivity index (χ0n) is 7.43. The number of amidine groups is 1. The lowest BCUT2D eigenvalue weighted by molar-refractivity contribution is 0.0454. The number of hydrogen-bond acceptors (Lipinski definition) is 5. The van der Waals surface area contributed by atoms with Crippen LogP contribution in [0.3, 0.4) is 0 Å². The van der Waals surface area contributed by atoms with Gasteiger partial charge in [0.1, 0.15) is 16.6 Å². The molecule has 0 aliphatic carbocycles. The Labute approximate surface area is 85.6 Å². The molecule has 5 nitrogen and oxygen atoms in total. The summed E-state index contributed by atoms with van der Waals surface area (Å²) in [5.41, 5.74) is 5.67. The molecular formula is C8H10N4OS. The molecule has 0 spiro atoms. The van der Waals surface area contributed by atoms with E-state index in [0.717, 1.165) is 18.2 Å². The van der Waals surface area contributed by atoms with Crippen LogP contribution in [0.4, 0.5) is 0 Å². The van der Waals surface area contributed by atoms with E-state index in [0.29, 0.717) is 10.9 Å². The SMILES string of the molecule is N=C(N)c1cnc(SC2COC2)cn1. The molecular weight excluding hydrogens is 200 g/mol. The van der Waals surface area contributed by atoms with Crippen molar-refractivity contribution >= 4 is 17.6 Å². The van der Waals surface area contributed by atoms with Gasteiger partial charge in [0.25, 0.3) is 0 Å². The van der Waals surface area contributed by atoms with Crippen molar-refractivity contribution in [2.75, 3.05) is 13.2 Å². The summed E-state index contributed by atoms with van der Waals surface area (Å²) < 4.78 is 5.05. The first-order valence-corrected chi connectivity index (χ1v) is 5.04. The zero-order chi connectivity index (χ0) is 9.97. The van der Waals surface area contributed by atoms with Crippen molar-refractivity contribution in [3.63, 3.8) is 0 Å². The van der Waals surface area contributed by atoms with Crippen LogP contribution in [0.1, 0.15) is 5.69 Å². The maximum Gasteiger partial charge on any atom is 0.143 e. The number of hydrogen-bond donors (Lipinski definition) is 2. The highest BCUT2D eigenvalue weighted by molar-refractivity contribution is 8.00. The highest BCUT2D eigenvalue weighted by Gasteiger charge is 2.20. The van der Waals surface area contributed by atoms with Crippen molar-refractivity contribution in [1.29, 1.82) is 5.41 Å². The number of thioether (sulfide) groups is 1. The Balaban J connectivity index is 2.01. The maximum absolute atomic E-state index is 7.14. The number of rotatable bonds is 3. The second kappa shape index (κ2) is 3.93. The molecule has 0 atom stereocenters. The number of nitrogen functional groups attached to an aromatic ring is 1. The van der Waals surface area contributed by atoms with Gasteiger partial charge in [0.2, 0.25) is 0 Å². The van der Waals surface area contributed by atoms with Crippen molar-refractivity contribution in [3.8, 4) is 0 Å². The monoisotopic (exact) mass is 210 g/mol. The first-order valence-electron chi connectivity index (χ1n) is 4.16. The van der Waals surface area contributed by atoms with Crippen LogP contribution in [0.15, 0.2) is 17.4 Å². The minimum absolute atomic E-state index is 0.0546. The van der Waals surface area contributed by atoms with Crippen LogP contribution >= 0.6 is 11.8 Å². The lowest BCUT2D eigenvalue weighted by atomic mass is 10.4. The molecule has 6 heteroatoms. The predicted octanol–water partition coefficient (Wildman–Crippen LogP) is 0.252. The van der Waals surface area contributed by atoms with Crippen LogP contribution in [0, 0.1) is 5.41 Å². The minimum Gasteiger partial charge on any atom is -0.382 e. The van der Waals surface area contributed by atoms with Crippen molar-refractivity contribution in [1.82, 2.24) is 9.97 Å². The van der Waals surface area contributed by atoms with Gasteiger partial charge in [-0.2, -0.15) is 0 Å². The van der Waals surface area contributed by atoms with Crippen LogP contribution in [-0.2, 0) is 4.74 Å². The largest absolute Gasteiger partial charge is 0.382 e. The number of nitrogens with zero attached hydrogens (tertiary/aromatic N) is 2. The molecule has 0 saturated carbocycles. The van der Waals surface area contributed by atoms with Gasteiger partial charge in [0, 0.05) is 0 Å². The van der Waals surface area contributed by atoms with Crippen LogP contribution < -0.4 is 5.73 Å². The van der Waals surface area contributed by atoms with Crippen LogP contribution in [0.5, 0.6) is 0 Å². The Morgan fingerprint density at radius 2 is 2.29 bits per heavy atom. The normalized spacial score (nSPS) is 16.3. The summed E-state index contributed by atoms with van der Waals surface area (Å²) in [6, 6.07) is 0. The van der Waals surface area contributed by atoms with E-state index in [1.54, 1.807) is 18.0 Å². The lowest BCUT2D eigenvalue weighted by Gasteiger charge is -2.24. The summed E-state index contributed by atoms with van der Waals surface area (Å²) in [7, 11) is 0. The second-order valence-electron chi connectivity index (χ2n) is 2.93. The van der Waals surface area contributed by atoms with E-state index in [2.05, 4.69) is 9.97 Å². The molecule has 2 rings (SSSR count). The van der Waals surface area contributed by atoms with Crippen LogP contribution in [0.25, 0.3) is 0 Å². The first-order chi connectivity index (χ1) is 6.75. The number of nitrogens with one attached hydrogen (secondary N) is 1. The number of ether oxygens (including phenoxy) is 1. The van der Waals surface area contributed by atoms with Gasteiger partial charge in [0.05, 0.1) is 30.9 Å². The molecule has 3 N–H and O–H groups in total. The molecule has 0 unspecified atom stereocenters. The second-order valence-corrected chi connectivity index (χ2v) is 4.25. The Kier molecular flexibility index (Phi) is 2.64. The molecule has 74 valence electrons. The smallest absolute Gasteiger partial charge is 0.143 e. The average Bonchev–Trinajstić information content (AvgIpc) is 2.12. The average molecular weight is 210 g/mol. The summed E-state index contributed by atoms with van der Waals surface area (Å²) in [6.45, 7) is 1.56. The third-order valence-corrected chi connectivity index (χ3v) is 2.86. The van der Waals surface area contributed by atoms with Crippen molar-refractivity contribution in [2.45, 2.75) is 10.3 Å². The van der Waals surface area contributed by atoms with Gasteiger partial charge in [-0.05, 0) is 0 Å². The topological polar surface area (TPSA) is 84.9 Å². The van der Waals surface area contributed by atoms with Gasteiger partial charge < -0.3 is 10.5 Å². The van der Waals surface area contributed by atoms with Gasteiger partial charge in [-0.25, -0.2) is 9.97 Å². The van der Waals surface area contributed by atoms with E-state index in [4.69, 9.17) is 15.9 Å². The van der Waals surface area contributed by atoms with Crippen molar-refractivity contribution in [3.05, 3.63) is 18.1 Å². The summed E-state index contributed by atoms with van der Waals surface area (Å²) in [6.07, 6.45) is 3.16. The van der Waals surface area contributed by atoms with E-state index in [1.807, 2.05) is 0 Å². The Bertz CT molecular complexity index is 336. The van der Waals surface area contributed by atoms with Crippen molar-refractivity contribution < 1.29 is 4.74 Å². The van der Waals surface area contributed by atoms with Gasteiger partial charge in [-0.1, -0.05) is 11.8 Å². The Morgan fingerprint density at radius 1 is 1.50 bits per heavy atom. The molecule has 0 bridgehead atoms. The standard InChI is InChI=1S/C8H10N4OS/c9-8(10)6-1-12-7(2-11-6)14-5-3-13-4-5/h1-2,5H,3-4H2,(H3,9,10). The molecule has 0 aromatic carbocycles. The summed E-state index contributed by atoms with van der Waals surface area (Å²) in [5.74, 6) is -0.0546. The lowest BCUT2D eigenvalue weighted by Crippen LogP contribution is -2.30. The van der Waals surface area contributed by atoms with Gasteiger partial charge in [-0.3, -0.25) is 5.41 Å². The molecule has 0 amide bonds. The van der Waals surface area contributed by atoms with E-state index >= 15 is 0 Å². The fourth-order valence-corrected chi connectivity index (χ4v) is 1.87. The summed E-state index contributed by atoms with van der Waals surface area (Å²) in [5, 5.41) is 8.49. The molecule has 14 heavy (non-hydrogen) atoms. The van der Waals surface area contributed by atoms with Gasteiger partial charge >= 0.3 is 0 Å². The highest BCUT2D eigenvalue weighted by atomic mass is 32.2. The van der Waals surface area contributed by atoms with Crippen molar-refractivity contribution in [2.24, 2.45) is 5.73 Å². The van der Waals surface area contributed by atoms with Gasteiger partial charge in [-0.15, -0.1) is 0 Å². The van der Waals surface area contributed by atoms with Gasteiger partial charge in [0.15, 0.2) is 0 Å². The van der Waals surface area contributed by atoms with Crippen LogP contribution in [-0.4, -0.2) is 34.3 Å². The summed E-state index contributed by atoms with van der Waals surface area (Å²) in [4.78, 5) is 8.16. The van der Waals surface area contributed by atoms with E-state index < -0.39 is 0 Å². The highest BCUT2D eigenvalue weighted by Crippen LogP contribution is 2.25. The Hall–Kier alpha value is -1.14. The first kappa shape index (κ1) is 9.42. The maximum atomic E-state index is 7.14. The third-order valence-electron chi connectivity index (χ3n) is 1.80. The molecule has 1 fully saturated rings. The quantitative estimate of drug-likeness (QED) is 0.552. The van der Waals surface area contributed by atoms with E-state index in [-0.39, 0.29) is 5.84 Å². The number of nitrogens with two attached hydrogens (primary N) is 1. The zero-order valence-corrected chi connectivity index (χ0v) is 8.25. The molecule has 1 aliphatic rings. The predicted molar refractivity (Wildman–Crippen MR) is 53.5 cm³/mol. The minimum atomic E-state index is -0.0546. The van der Waals surface area contributed by atoms with E-state index in [1.165, 1.54) is 6.20 Å². The molecule has 0 radical (unpaired) electrons.